The normalized spacial score (nSPS) is 15.1. The van der Waals surface area contributed by atoms with E-state index in [1.54, 1.807) is 24.1 Å². The van der Waals surface area contributed by atoms with Crippen LogP contribution >= 0.6 is 11.8 Å². The summed E-state index contributed by atoms with van der Waals surface area (Å²) in [4.78, 5) is 23.5. The van der Waals surface area contributed by atoms with Crippen molar-refractivity contribution in [2.75, 3.05) is 31.8 Å². The van der Waals surface area contributed by atoms with Crippen LogP contribution in [0.1, 0.15) is 77.0 Å². The molecule has 0 aliphatic carbocycles. The van der Waals surface area contributed by atoms with Crippen molar-refractivity contribution in [2.24, 2.45) is 5.92 Å². The van der Waals surface area contributed by atoms with E-state index < -0.39 is 5.82 Å². The predicted octanol–water partition coefficient (Wildman–Crippen LogP) is 10.0. The molecule has 3 aromatic carbocycles. The van der Waals surface area contributed by atoms with Crippen LogP contribution in [0.2, 0.25) is 0 Å². The van der Waals surface area contributed by atoms with E-state index in [2.05, 4.69) is 18.9 Å². The van der Waals surface area contributed by atoms with E-state index >= 15 is 4.39 Å². The van der Waals surface area contributed by atoms with Gasteiger partial charge in [-0.15, -0.1) is 11.8 Å². The first-order valence-corrected chi connectivity index (χ1v) is 20.2. The summed E-state index contributed by atoms with van der Waals surface area (Å²) in [6.07, 6.45) is 10.7. The van der Waals surface area contributed by atoms with Gasteiger partial charge < -0.3 is 24.7 Å². The number of benzene rings is 3. The average Bonchev–Trinajstić information content (AvgIpc) is 3.68. The first-order chi connectivity index (χ1) is 26.9. The lowest BCUT2D eigenvalue weighted by Gasteiger charge is -2.22. The van der Waals surface area contributed by atoms with Gasteiger partial charge >= 0.3 is 5.97 Å². The Morgan fingerprint density at radius 3 is 2.69 bits per heavy atom. The van der Waals surface area contributed by atoms with Crippen LogP contribution in [0.25, 0.3) is 43.8 Å². The minimum atomic E-state index is -0.436. The molecule has 0 saturated carbocycles. The molecule has 6 aromatic rings. The summed E-state index contributed by atoms with van der Waals surface area (Å²) in [6.45, 7) is 5.60. The molecule has 0 spiro atoms. The number of nitrogen functional groups attached to an aromatic ring is 1. The number of hydrogen-bond acceptors (Lipinski definition) is 10. The number of ether oxygens (including phenoxy) is 4. The van der Waals surface area contributed by atoms with Crippen LogP contribution in [-0.2, 0) is 20.9 Å². The van der Waals surface area contributed by atoms with Crippen LogP contribution in [0.15, 0.2) is 71.9 Å². The fourth-order valence-electron chi connectivity index (χ4n) is 7.13. The van der Waals surface area contributed by atoms with Gasteiger partial charge in [0.25, 0.3) is 0 Å². The lowest BCUT2D eigenvalue weighted by Crippen LogP contribution is -2.18. The van der Waals surface area contributed by atoms with Crippen molar-refractivity contribution in [2.45, 2.75) is 82.9 Å². The summed E-state index contributed by atoms with van der Waals surface area (Å²) < 4.78 is 40.7. The van der Waals surface area contributed by atoms with Gasteiger partial charge in [-0.3, -0.25) is 9.78 Å². The smallest absolute Gasteiger partial charge is 0.306 e. The molecule has 0 amide bonds. The van der Waals surface area contributed by atoms with Gasteiger partial charge in [-0.05, 0) is 79.1 Å². The Labute approximate surface area is 324 Å². The van der Waals surface area contributed by atoms with E-state index in [0.717, 1.165) is 77.4 Å². The number of hydrogen-bond donors (Lipinski definition) is 1. The summed E-state index contributed by atoms with van der Waals surface area (Å²) in [5, 5.41) is 6.82. The molecule has 2 unspecified atom stereocenters. The molecule has 1 fully saturated rings. The molecule has 4 heterocycles. The molecule has 1 aliphatic rings. The van der Waals surface area contributed by atoms with E-state index in [4.69, 9.17) is 34.6 Å². The predicted molar refractivity (Wildman–Crippen MR) is 216 cm³/mol. The van der Waals surface area contributed by atoms with Crippen molar-refractivity contribution in [3.05, 3.63) is 78.4 Å². The Kier molecular flexibility index (Phi) is 12.3. The molecule has 0 bridgehead atoms. The first kappa shape index (κ1) is 38.3. The second kappa shape index (κ2) is 17.7. The lowest BCUT2D eigenvalue weighted by molar-refractivity contribution is -0.144. The Bertz CT molecular complexity index is 2270. The molecular formula is C43H48FN5O5S. The van der Waals surface area contributed by atoms with Crippen molar-refractivity contribution >= 4 is 56.1 Å². The standard InChI is InChI=1S/C43H48FN5O5S/c1-4-6-10-27(5-2)25-53-37(50)19-22-55-35-23-32-38(30-17-18-34(44)41-33(30)24-49(48-41)36-12-7-8-21-52-36)39(45)43(47-40(32)31-11-9-20-46-42(31)35)54-26-28-13-15-29(51-3)16-14-28/h9,11,13-18,20,23-24,27,36H,4-8,10,12,19,21-22,25-26,45H2,1-3H3. The third kappa shape index (κ3) is 8.50. The summed E-state index contributed by atoms with van der Waals surface area (Å²) in [7, 11) is 1.62. The number of methoxy groups -OCH3 is 1. The largest absolute Gasteiger partial charge is 0.497 e. The summed E-state index contributed by atoms with van der Waals surface area (Å²) in [5.41, 5.74) is 11.2. The number of esters is 1. The number of anilines is 1. The van der Waals surface area contributed by atoms with Gasteiger partial charge in [0, 0.05) is 51.4 Å². The van der Waals surface area contributed by atoms with E-state index in [1.165, 1.54) is 17.8 Å². The molecule has 12 heteroatoms. The molecule has 10 nitrogen and oxygen atoms in total. The molecule has 1 aliphatic heterocycles. The van der Waals surface area contributed by atoms with Crippen molar-refractivity contribution < 1.29 is 28.1 Å². The molecule has 0 radical (unpaired) electrons. The number of halogens is 1. The Morgan fingerprint density at radius 2 is 1.93 bits per heavy atom. The first-order valence-electron chi connectivity index (χ1n) is 19.2. The monoisotopic (exact) mass is 765 g/mol. The van der Waals surface area contributed by atoms with Crippen molar-refractivity contribution in [1.82, 2.24) is 19.7 Å². The van der Waals surface area contributed by atoms with Gasteiger partial charge in [-0.25, -0.2) is 14.1 Å². The van der Waals surface area contributed by atoms with E-state index in [9.17, 15) is 4.79 Å². The molecule has 2 N–H and O–H groups in total. The fourth-order valence-corrected chi connectivity index (χ4v) is 8.12. The zero-order valence-corrected chi connectivity index (χ0v) is 32.5. The van der Waals surface area contributed by atoms with E-state index in [-0.39, 0.29) is 36.6 Å². The van der Waals surface area contributed by atoms with Gasteiger partial charge in [0.05, 0.1) is 31.2 Å². The summed E-state index contributed by atoms with van der Waals surface area (Å²) in [6, 6.07) is 16.6. The van der Waals surface area contributed by atoms with Crippen LogP contribution in [0, 0.1) is 11.7 Å². The number of carbonyl (C=O) groups is 1. The van der Waals surface area contributed by atoms with Gasteiger partial charge in [-0.2, -0.15) is 5.10 Å². The quantitative estimate of drug-likeness (QED) is 0.0579. The number of pyridine rings is 2. The van der Waals surface area contributed by atoms with Crippen LogP contribution < -0.4 is 15.2 Å². The Balaban J connectivity index is 1.30. The highest BCUT2D eigenvalue weighted by atomic mass is 32.2. The number of aromatic nitrogens is 4. The molecule has 3 aromatic heterocycles. The van der Waals surface area contributed by atoms with Crippen LogP contribution in [0.5, 0.6) is 11.6 Å². The third-order valence-electron chi connectivity index (χ3n) is 10.3. The molecule has 1 saturated heterocycles. The van der Waals surface area contributed by atoms with Crippen LogP contribution in [0.3, 0.4) is 0 Å². The number of carbonyl (C=O) groups excluding carboxylic acids is 1. The highest BCUT2D eigenvalue weighted by Gasteiger charge is 2.25. The van der Waals surface area contributed by atoms with E-state index in [1.807, 2.05) is 48.7 Å². The van der Waals surface area contributed by atoms with Crippen LogP contribution in [0.4, 0.5) is 10.1 Å². The van der Waals surface area contributed by atoms with Crippen molar-refractivity contribution in [1.29, 1.82) is 0 Å². The maximum atomic E-state index is 15.5. The van der Waals surface area contributed by atoms with Gasteiger partial charge in [0.15, 0.2) is 5.82 Å². The number of fused-ring (bicyclic) bond motifs is 4. The number of nitrogens with two attached hydrogens (primary N) is 1. The van der Waals surface area contributed by atoms with Gasteiger partial charge in [-0.1, -0.05) is 51.3 Å². The highest BCUT2D eigenvalue weighted by Crippen LogP contribution is 2.45. The van der Waals surface area contributed by atoms with Crippen LogP contribution in [-0.4, -0.2) is 51.8 Å². The Morgan fingerprint density at radius 1 is 1.07 bits per heavy atom. The SMILES string of the molecule is CCCCC(CC)COC(=O)CCSc1cc2c(-c3ccc(F)c4nn(C5CCCCO5)cc34)c(N)c(OCc3ccc(OC)cc3)nc2c2cccnc12. The maximum absolute atomic E-state index is 15.5. The number of rotatable bonds is 16. The maximum Gasteiger partial charge on any atom is 0.306 e. The highest BCUT2D eigenvalue weighted by molar-refractivity contribution is 7.99. The third-order valence-corrected chi connectivity index (χ3v) is 11.3. The molecular weight excluding hydrogens is 718 g/mol. The molecule has 288 valence electrons. The number of unbranched alkanes of at least 4 members (excludes halogenated alkanes) is 1. The van der Waals surface area contributed by atoms with Gasteiger partial charge in [0.1, 0.15) is 29.8 Å². The summed E-state index contributed by atoms with van der Waals surface area (Å²) in [5.74, 6) is 1.22. The minimum absolute atomic E-state index is 0.208. The summed E-state index contributed by atoms with van der Waals surface area (Å²) >= 11 is 1.53. The molecule has 55 heavy (non-hydrogen) atoms. The second-order valence-electron chi connectivity index (χ2n) is 14.0. The number of nitrogens with zero attached hydrogens (tertiary/aromatic N) is 4. The Hall–Kier alpha value is -4.94. The van der Waals surface area contributed by atoms with Crippen molar-refractivity contribution in [3.63, 3.8) is 0 Å². The zero-order valence-electron chi connectivity index (χ0n) is 31.7. The molecule has 2 atom stereocenters. The number of thioether (sulfide) groups is 1. The van der Waals surface area contributed by atoms with Crippen molar-refractivity contribution in [3.8, 4) is 22.8 Å². The van der Waals surface area contributed by atoms with Gasteiger partial charge in [0.2, 0.25) is 5.88 Å². The zero-order chi connectivity index (χ0) is 38.3. The average molecular weight is 766 g/mol. The molecule has 7 rings (SSSR count). The topological polar surface area (TPSA) is 124 Å². The second-order valence-corrected chi connectivity index (χ2v) is 15.1. The fraction of sp³-hybridized carbons (Fsp3) is 0.395. The van der Waals surface area contributed by atoms with E-state index in [0.29, 0.717) is 52.6 Å². The lowest BCUT2D eigenvalue weighted by atomic mass is 9.95. The minimum Gasteiger partial charge on any atom is -0.497 e.